The summed E-state index contributed by atoms with van der Waals surface area (Å²) >= 11 is 0. The molecule has 0 saturated heterocycles. The van der Waals surface area contributed by atoms with Crippen LogP contribution < -0.4 is 4.74 Å². The van der Waals surface area contributed by atoms with E-state index in [0.29, 0.717) is 5.82 Å². The first-order valence-electron chi connectivity index (χ1n) is 4.99. The van der Waals surface area contributed by atoms with Gasteiger partial charge in [-0.15, -0.1) is 0 Å². The van der Waals surface area contributed by atoms with Gasteiger partial charge < -0.3 is 4.74 Å². The zero-order valence-electron chi connectivity index (χ0n) is 9.53. The number of hydrogen-bond acceptors (Lipinski definition) is 3. The van der Waals surface area contributed by atoms with Crippen molar-refractivity contribution in [3.63, 3.8) is 0 Å². The molecule has 1 heterocycles. The van der Waals surface area contributed by atoms with Crippen molar-refractivity contribution in [3.05, 3.63) is 29.7 Å². The topological polar surface area (TPSA) is 35.0 Å². The number of fused-ring (bicyclic) bond motifs is 1. The maximum Gasteiger partial charge on any atom is 0.205 e. The fourth-order valence-corrected chi connectivity index (χ4v) is 1.56. The molecule has 2 rings (SSSR count). The van der Waals surface area contributed by atoms with Crippen molar-refractivity contribution in [2.45, 2.75) is 13.8 Å². The first-order valence-corrected chi connectivity index (χ1v) is 4.99. The van der Waals surface area contributed by atoms with E-state index in [-0.39, 0.29) is 0 Å². The van der Waals surface area contributed by atoms with E-state index >= 15 is 0 Å². The summed E-state index contributed by atoms with van der Waals surface area (Å²) in [5.41, 5.74) is 1.80. The number of aryl methyl sites for hydroxylation is 1. The van der Waals surface area contributed by atoms with E-state index in [2.05, 4.69) is 21.8 Å². The minimum absolute atomic E-state index is 0.556. The summed E-state index contributed by atoms with van der Waals surface area (Å²) in [6, 6.07) is 5.77. The second-order valence-corrected chi connectivity index (χ2v) is 3.39. The quantitative estimate of drug-likeness (QED) is 0.680. The fourth-order valence-electron chi connectivity index (χ4n) is 1.56. The van der Waals surface area contributed by atoms with Crippen molar-refractivity contribution in [1.29, 1.82) is 0 Å². The minimum Gasteiger partial charge on any atom is -0.497 e. The molecule has 3 heteroatoms. The average molecular weight is 212 g/mol. The number of ether oxygens (including phenoxy) is 1. The van der Waals surface area contributed by atoms with Gasteiger partial charge in [0.2, 0.25) is 5.82 Å². The van der Waals surface area contributed by atoms with Crippen molar-refractivity contribution in [1.82, 2.24) is 9.97 Å². The molecule has 80 valence electrons. The van der Waals surface area contributed by atoms with Crippen molar-refractivity contribution in [3.8, 4) is 17.6 Å². The maximum absolute atomic E-state index is 5.17. The Labute approximate surface area is 94.5 Å². The summed E-state index contributed by atoms with van der Waals surface area (Å²) in [6.07, 6.45) is 0. The van der Waals surface area contributed by atoms with Crippen LogP contribution in [0.1, 0.15) is 18.4 Å². The van der Waals surface area contributed by atoms with Crippen molar-refractivity contribution >= 4 is 10.9 Å². The van der Waals surface area contributed by atoms with E-state index in [1.54, 1.807) is 14.0 Å². The lowest BCUT2D eigenvalue weighted by Crippen LogP contribution is -1.94. The van der Waals surface area contributed by atoms with E-state index in [1.807, 2.05) is 25.1 Å². The molecule has 0 aliphatic carbocycles. The average Bonchev–Trinajstić information content (AvgIpc) is 2.28. The first kappa shape index (κ1) is 10.4. The van der Waals surface area contributed by atoms with Crippen LogP contribution in [0.25, 0.3) is 10.9 Å². The van der Waals surface area contributed by atoms with Gasteiger partial charge in [0.05, 0.1) is 12.6 Å². The van der Waals surface area contributed by atoms with Crippen LogP contribution >= 0.6 is 0 Å². The summed E-state index contributed by atoms with van der Waals surface area (Å²) in [5, 5.41) is 1.03. The molecular formula is C13H12N2O. The fraction of sp³-hybridized carbons (Fsp3) is 0.231. The van der Waals surface area contributed by atoms with Crippen LogP contribution in [0.4, 0.5) is 0 Å². The Kier molecular flexibility index (Phi) is 2.74. The van der Waals surface area contributed by atoms with E-state index in [0.717, 1.165) is 22.3 Å². The predicted octanol–water partition coefficient (Wildman–Crippen LogP) is 2.32. The highest BCUT2D eigenvalue weighted by Crippen LogP contribution is 2.20. The molecular weight excluding hydrogens is 200 g/mol. The summed E-state index contributed by atoms with van der Waals surface area (Å²) < 4.78 is 5.17. The maximum atomic E-state index is 5.17. The molecule has 0 amide bonds. The molecule has 2 aromatic rings. The molecule has 1 aromatic heterocycles. The Morgan fingerprint density at radius 2 is 2.06 bits per heavy atom. The van der Waals surface area contributed by atoms with Gasteiger partial charge in [-0.05, 0) is 31.9 Å². The molecule has 0 atom stereocenters. The van der Waals surface area contributed by atoms with Crippen molar-refractivity contribution in [2.75, 3.05) is 7.11 Å². The Morgan fingerprint density at radius 1 is 1.25 bits per heavy atom. The van der Waals surface area contributed by atoms with Gasteiger partial charge in [-0.3, -0.25) is 0 Å². The van der Waals surface area contributed by atoms with E-state index in [1.165, 1.54) is 0 Å². The first-order chi connectivity index (χ1) is 7.74. The Bertz CT molecular complexity index is 594. The third-order valence-corrected chi connectivity index (χ3v) is 2.33. The van der Waals surface area contributed by atoms with Crippen LogP contribution in [-0.4, -0.2) is 17.1 Å². The van der Waals surface area contributed by atoms with Gasteiger partial charge in [-0.1, -0.05) is 5.92 Å². The standard InChI is InChI=1S/C13H12N2O/c1-4-5-13-14-9(2)11-7-6-10(16-3)8-12(11)15-13/h6-8H,1-3H3. The van der Waals surface area contributed by atoms with Gasteiger partial charge in [-0.2, -0.15) is 0 Å². The van der Waals surface area contributed by atoms with E-state index < -0.39 is 0 Å². The molecule has 0 N–H and O–H groups in total. The van der Waals surface area contributed by atoms with Crippen molar-refractivity contribution in [2.24, 2.45) is 0 Å². The summed E-state index contributed by atoms with van der Waals surface area (Å²) in [6.45, 7) is 3.73. The summed E-state index contributed by atoms with van der Waals surface area (Å²) in [7, 11) is 1.64. The Balaban J connectivity index is 2.70. The lowest BCUT2D eigenvalue weighted by molar-refractivity contribution is 0.415. The normalized spacial score (nSPS) is 9.69. The van der Waals surface area contributed by atoms with Crippen LogP contribution in [0.5, 0.6) is 5.75 Å². The zero-order valence-corrected chi connectivity index (χ0v) is 9.53. The number of rotatable bonds is 1. The van der Waals surface area contributed by atoms with Gasteiger partial charge in [0.1, 0.15) is 5.75 Å². The molecule has 16 heavy (non-hydrogen) atoms. The highest BCUT2D eigenvalue weighted by atomic mass is 16.5. The predicted molar refractivity (Wildman–Crippen MR) is 63.4 cm³/mol. The molecule has 0 aliphatic rings. The molecule has 0 fully saturated rings. The molecule has 0 bridgehead atoms. The largest absolute Gasteiger partial charge is 0.497 e. The second-order valence-electron chi connectivity index (χ2n) is 3.39. The highest BCUT2D eigenvalue weighted by molar-refractivity contribution is 5.82. The molecule has 0 radical (unpaired) electrons. The number of aromatic nitrogens is 2. The van der Waals surface area contributed by atoms with Gasteiger partial charge in [0, 0.05) is 17.1 Å². The monoisotopic (exact) mass is 212 g/mol. The zero-order chi connectivity index (χ0) is 11.5. The van der Waals surface area contributed by atoms with Gasteiger partial charge >= 0.3 is 0 Å². The third-order valence-electron chi connectivity index (χ3n) is 2.33. The molecule has 0 saturated carbocycles. The van der Waals surface area contributed by atoms with Crippen LogP contribution in [0, 0.1) is 18.8 Å². The SMILES string of the molecule is CC#Cc1nc(C)c2ccc(OC)cc2n1. The summed E-state index contributed by atoms with van der Waals surface area (Å²) in [4.78, 5) is 8.69. The Hall–Kier alpha value is -2.08. The van der Waals surface area contributed by atoms with Crippen LogP contribution in [0.2, 0.25) is 0 Å². The number of nitrogens with zero attached hydrogens (tertiary/aromatic N) is 2. The third kappa shape index (κ3) is 1.82. The van der Waals surface area contributed by atoms with Gasteiger partial charge in [0.25, 0.3) is 0 Å². The summed E-state index contributed by atoms with van der Waals surface area (Å²) in [5.74, 6) is 7.01. The molecule has 0 aliphatic heterocycles. The lowest BCUT2D eigenvalue weighted by Gasteiger charge is -2.04. The Morgan fingerprint density at radius 3 is 2.75 bits per heavy atom. The van der Waals surface area contributed by atoms with Gasteiger partial charge in [-0.25, -0.2) is 9.97 Å². The number of hydrogen-bond donors (Lipinski definition) is 0. The smallest absolute Gasteiger partial charge is 0.205 e. The highest BCUT2D eigenvalue weighted by Gasteiger charge is 2.03. The van der Waals surface area contributed by atoms with Gasteiger partial charge in [0.15, 0.2) is 0 Å². The minimum atomic E-state index is 0.556. The van der Waals surface area contributed by atoms with Crippen LogP contribution in [0.3, 0.4) is 0 Å². The van der Waals surface area contributed by atoms with Crippen molar-refractivity contribution < 1.29 is 4.74 Å². The molecule has 3 nitrogen and oxygen atoms in total. The number of benzene rings is 1. The van der Waals surface area contributed by atoms with E-state index in [4.69, 9.17) is 4.74 Å². The van der Waals surface area contributed by atoms with Crippen LogP contribution in [-0.2, 0) is 0 Å². The molecule has 0 unspecified atom stereocenters. The second kappa shape index (κ2) is 4.19. The lowest BCUT2D eigenvalue weighted by atomic mass is 10.2. The molecule has 0 spiro atoms. The van der Waals surface area contributed by atoms with Crippen LogP contribution in [0.15, 0.2) is 18.2 Å². The number of methoxy groups -OCH3 is 1. The van der Waals surface area contributed by atoms with E-state index in [9.17, 15) is 0 Å². The molecule has 1 aromatic carbocycles.